The molecule has 16 heavy (non-hydrogen) atoms. The van der Waals surface area contributed by atoms with Crippen LogP contribution in [0.15, 0.2) is 0 Å². The molecule has 2 rings (SSSR count). The van der Waals surface area contributed by atoms with E-state index in [-0.39, 0.29) is 0 Å². The van der Waals surface area contributed by atoms with Gasteiger partial charge >= 0.3 is 0 Å². The Morgan fingerprint density at radius 2 is 1.69 bits per heavy atom. The van der Waals surface area contributed by atoms with Gasteiger partial charge in [0.25, 0.3) is 0 Å². The van der Waals surface area contributed by atoms with E-state index in [0.29, 0.717) is 0 Å². The predicted octanol–water partition coefficient (Wildman–Crippen LogP) is 5.42. The van der Waals surface area contributed by atoms with Gasteiger partial charge in [0.2, 0.25) is 0 Å². The molecule has 0 N–H and O–H groups in total. The van der Waals surface area contributed by atoms with Crippen LogP contribution in [0.5, 0.6) is 0 Å². The molecule has 2 saturated carbocycles. The third-order valence-corrected chi connectivity index (χ3v) is 5.39. The fraction of sp³-hybridized carbons (Fsp3) is 1.00. The quantitative estimate of drug-likeness (QED) is 0.596. The van der Waals surface area contributed by atoms with Crippen molar-refractivity contribution < 1.29 is 0 Å². The minimum Gasteiger partial charge on any atom is -0.0654 e. The molecule has 2 unspecified atom stereocenters. The van der Waals surface area contributed by atoms with E-state index < -0.39 is 0 Å². The lowest BCUT2D eigenvalue weighted by molar-refractivity contribution is 0.172. The molecular weight excluding hydrogens is 192 g/mol. The predicted molar refractivity (Wildman–Crippen MR) is 71.5 cm³/mol. The molecule has 0 radical (unpaired) electrons. The topological polar surface area (TPSA) is 0 Å². The largest absolute Gasteiger partial charge is 0.0654 e. The Bertz CT molecular complexity index is 188. The summed E-state index contributed by atoms with van der Waals surface area (Å²) in [4.78, 5) is 0. The highest BCUT2D eigenvalue weighted by Gasteiger charge is 2.33. The third-order valence-electron chi connectivity index (χ3n) is 5.39. The molecule has 0 aromatic heterocycles. The Morgan fingerprint density at radius 1 is 0.938 bits per heavy atom. The van der Waals surface area contributed by atoms with Gasteiger partial charge < -0.3 is 0 Å². The second-order valence-electron chi connectivity index (χ2n) is 6.50. The Kier molecular flexibility index (Phi) is 4.73. The van der Waals surface area contributed by atoms with E-state index in [1.165, 1.54) is 32.1 Å². The number of rotatable bonds is 4. The molecule has 0 aromatic carbocycles. The van der Waals surface area contributed by atoms with Crippen molar-refractivity contribution in [1.29, 1.82) is 0 Å². The van der Waals surface area contributed by atoms with Crippen LogP contribution in [0.1, 0.15) is 78.1 Å². The van der Waals surface area contributed by atoms with E-state index in [0.717, 1.165) is 23.7 Å². The zero-order valence-corrected chi connectivity index (χ0v) is 11.4. The Labute approximate surface area is 102 Å². The van der Waals surface area contributed by atoms with E-state index in [1.54, 1.807) is 32.1 Å². The molecule has 0 spiro atoms. The maximum Gasteiger partial charge on any atom is -0.0360 e. The van der Waals surface area contributed by atoms with E-state index in [2.05, 4.69) is 13.8 Å². The molecule has 2 atom stereocenters. The van der Waals surface area contributed by atoms with Gasteiger partial charge in [0.15, 0.2) is 0 Å². The van der Waals surface area contributed by atoms with Crippen LogP contribution in [0.25, 0.3) is 0 Å². The summed E-state index contributed by atoms with van der Waals surface area (Å²) in [6.45, 7) is 4.83. The first-order valence-electron chi connectivity index (χ1n) is 7.81. The van der Waals surface area contributed by atoms with Crippen molar-refractivity contribution in [3.05, 3.63) is 0 Å². The van der Waals surface area contributed by atoms with Crippen LogP contribution in [-0.2, 0) is 0 Å². The number of hydrogen-bond donors (Lipinski definition) is 0. The first kappa shape index (κ1) is 12.5. The smallest absolute Gasteiger partial charge is 0.0360 e. The summed E-state index contributed by atoms with van der Waals surface area (Å²) in [7, 11) is 0. The highest BCUT2D eigenvalue weighted by atomic mass is 14.4. The normalized spacial score (nSPS) is 40.1. The second kappa shape index (κ2) is 6.07. The molecule has 0 amide bonds. The molecule has 2 aliphatic carbocycles. The summed E-state index contributed by atoms with van der Waals surface area (Å²) < 4.78 is 0. The zero-order valence-electron chi connectivity index (χ0n) is 11.4. The molecule has 0 heterocycles. The molecule has 0 saturated heterocycles. The van der Waals surface area contributed by atoms with Crippen LogP contribution < -0.4 is 0 Å². The number of hydrogen-bond acceptors (Lipinski definition) is 0. The van der Waals surface area contributed by atoms with Gasteiger partial charge in [0, 0.05) is 0 Å². The van der Waals surface area contributed by atoms with Gasteiger partial charge in [-0.2, -0.15) is 0 Å². The third kappa shape index (κ3) is 3.02. The standard InChI is InChI=1S/C16H30/c1-3-4-7-14-9-11-15(12-10-14)16-8-5-6-13(16)2/h13-16H,3-12H2,1-2H3. The van der Waals surface area contributed by atoms with Crippen molar-refractivity contribution in [3.8, 4) is 0 Å². The molecule has 2 fully saturated rings. The molecule has 0 nitrogen and oxygen atoms in total. The van der Waals surface area contributed by atoms with Gasteiger partial charge in [-0.15, -0.1) is 0 Å². The fourth-order valence-corrected chi connectivity index (χ4v) is 4.27. The van der Waals surface area contributed by atoms with E-state index >= 15 is 0 Å². The molecule has 94 valence electrons. The summed E-state index contributed by atoms with van der Waals surface area (Å²) in [5, 5.41) is 0. The molecule has 0 bridgehead atoms. The van der Waals surface area contributed by atoms with Crippen LogP contribution in [0.2, 0.25) is 0 Å². The highest BCUT2D eigenvalue weighted by Crippen LogP contribution is 2.44. The summed E-state index contributed by atoms with van der Waals surface area (Å²) >= 11 is 0. The van der Waals surface area contributed by atoms with Crippen LogP contribution in [-0.4, -0.2) is 0 Å². The maximum absolute atomic E-state index is 2.50. The fourth-order valence-electron chi connectivity index (χ4n) is 4.27. The van der Waals surface area contributed by atoms with Crippen molar-refractivity contribution in [3.63, 3.8) is 0 Å². The van der Waals surface area contributed by atoms with Crippen LogP contribution in [0.3, 0.4) is 0 Å². The SMILES string of the molecule is CCCCC1CCC(C2CCCC2C)CC1. The molecule has 0 heteroatoms. The molecular formula is C16H30. The van der Waals surface area contributed by atoms with Gasteiger partial charge in [-0.3, -0.25) is 0 Å². The van der Waals surface area contributed by atoms with Gasteiger partial charge in [0.05, 0.1) is 0 Å². The first-order valence-corrected chi connectivity index (χ1v) is 7.81. The average Bonchev–Trinajstić information content (AvgIpc) is 2.74. The Morgan fingerprint density at radius 3 is 2.25 bits per heavy atom. The van der Waals surface area contributed by atoms with Crippen LogP contribution in [0.4, 0.5) is 0 Å². The maximum atomic E-state index is 2.50. The lowest BCUT2D eigenvalue weighted by Crippen LogP contribution is -2.23. The highest BCUT2D eigenvalue weighted by molar-refractivity contribution is 4.84. The summed E-state index contributed by atoms with van der Waals surface area (Å²) in [6, 6.07) is 0. The van der Waals surface area contributed by atoms with Gasteiger partial charge in [-0.05, 0) is 42.9 Å². The van der Waals surface area contributed by atoms with E-state index in [1.807, 2.05) is 0 Å². The molecule has 0 aromatic rings. The van der Waals surface area contributed by atoms with Crippen molar-refractivity contribution in [2.24, 2.45) is 23.7 Å². The minimum atomic E-state index is 1.04. The first-order chi connectivity index (χ1) is 7.81. The van der Waals surface area contributed by atoms with Crippen molar-refractivity contribution >= 4 is 0 Å². The van der Waals surface area contributed by atoms with Gasteiger partial charge in [-0.1, -0.05) is 58.8 Å². The average molecular weight is 222 g/mol. The lowest BCUT2D eigenvalue weighted by Gasteiger charge is -2.34. The van der Waals surface area contributed by atoms with Crippen molar-refractivity contribution in [2.75, 3.05) is 0 Å². The number of unbranched alkanes of at least 4 members (excludes halogenated alkanes) is 1. The monoisotopic (exact) mass is 222 g/mol. The van der Waals surface area contributed by atoms with E-state index in [4.69, 9.17) is 0 Å². The second-order valence-corrected chi connectivity index (χ2v) is 6.50. The van der Waals surface area contributed by atoms with Crippen LogP contribution in [0, 0.1) is 23.7 Å². The van der Waals surface area contributed by atoms with Gasteiger partial charge in [0.1, 0.15) is 0 Å². The van der Waals surface area contributed by atoms with Crippen LogP contribution >= 0.6 is 0 Å². The molecule has 2 aliphatic rings. The summed E-state index contributed by atoms with van der Waals surface area (Å²) in [5.41, 5.74) is 0. The Hall–Kier alpha value is 0. The summed E-state index contributed by atoms with van der Waals surface area (Å²) in [6.07, 6.45) is 15.2. The molecule has 0 aliphatic heterocycles. The van der Waals surface area contributed by atoms with Crippen molar-refractivity contribution in [1.82, 2.24) is 0 Å². The summed E-state index contributed by atoms with van der Waals surface area (Å²) in [5.74, 6) is 4.34. The zero-order chi connectivity index (χ0) is 11.4. The van der Waals surface area contributed by atoms with Crippen molar-refractivity contribution in [2.45, 2.75) is 78.1 Å². The van der Waals surface area contributed by atoms with Gasteiger partial charge in [-0.25, -0.2) is 0 Å². The van der Waals surface area contributed by atoms with E-state index in [9.17, 15) is 0 Å². The minimum absolute atomic E-state index is 1.04. The lowest BCUT2D eigenvalue weighted by atomic mass is 9.72. The Balaban J connectivity index is 1.72.